The molecule has 0 amide bonds. The van der Waals surface area contributed by atoms with Crippen LogP contribution in [0.1, 0.15) is 26.1 Å². The number of rotatable bonds is 8. The first-order chi connectivity index (χ1) is 7.83. The van der Waals surface area contributed by atoms with Crippen LogP contribution in [0.15, 0.2) is 5.16 Å². The van der Waals surface area contributed by atoms with Gasteiger partial charge in [-0.05, 0) is 13.3 Å². The second-order valence-electron chi connectivity index (χ2n) is 3.25. The van der Waals surface area contributed by atoms with E-state index in [0.29, 0.717) is 12.4 Å². The molecule has 1 rings (SSSR count). The Bertz CT molecular complexity index is 304. The van der Waals surface area contributed by atoms with Gasteiger partial charge in [-0.25, -0.2) is 0 Å². The number of thioether (sulfide) groups is 1. The molecule has 0 fully saturated rings. The summed E-state index contributed by atoms with van der Waals surface area (Å²) >= 11 is 1.62. The summed E-state index contributed by atoms with van der Waals surface area (Å²) in [6.07, 6.45) is 1.00. The lowest BCUT2D eigenvalue weighted by molar-refractivity contribution is 0.164. The zero-order valence-corrected chi connectivity index (χ0v) is 10.7. The van der Waals surface area contributed by atoms with E-state index in [2.05, 4.69) is 17.1 Å². The fourth-order valence-corrected chi connectivity index (χ4v) is 2.16. The van der Waals surface area contributed by atoms with Crippen molar-refractivity contribution in [1.29, 1.82) is 0 Å². The van der Waals surface area contributed by atoms with Crippen molar-refractivity contribution in [3.05, 3.63) is 5.82 Å². The second-order valence-corrected chi connectivity index (χ2v) is 4.32. The number of hydrogen-bond acceptors (Lipinski definition) is 5. The number of aliphatic hydroxyl groups is 1. The third-order valence-corrected chi connectivity index (χ3v) is 2.98. The van der Waals surface area contributed by atoms with Crippen molar-refractivity contribution in [3.63, 3.8) is 0 Å². The summed E-state index contributed by atoms with van der Waals surface area (Å²) in [5, 5.41) is 18.0. The van der Waals surface area contributed by atoms with Crippen LogP contribution in [-0.2, 0) is 17.9 Å². The van der Waals surface area contributed by atoms with E-state index in [-0.39, 0.29) is 6.61 Å². The molecule has 1 N–H and O–H groups in total. The van der Waals surface area contributed by atoms with Gasteiger partial charge in [0.05, 0.1) is 6.61 Å². The lowest BCUT2D eigenvalue weighted by atomic mass is 10.4. The maximum Gasteiger partial charge on any atom is 0.191 e. The first-order valence-corrected chi connectivity index (χ1v) is 6.55. The van der Waals surface area contributed by atoms with Crippen molar-refractivity contribution >= 4 is 11.8 Å². The van der Waals surface area contributed by atoms with Crippen LogP contribution >= 0.6 is 11.8 Å². The van der Waals surface area contributed by atoms with E-state index in [1.165, 1.54) is 0 Å². The lowest BCUT2D eigenvalue weighted by Crippen LogP contribution is -2.05. The first kappa shape index (κ1) is 13.5. The molecule has 0 unspecified atom stereocenters. The van der Waals surface area contributed by atoms with Crippen LogP contribution in [0.5, 0.6) is 0 Å². The topological polar surface area (TPSA) is 60.2 Å². The molecule has 6 heteroatoms. The van der Waals surface area contributed by atoms with Crippen LogP contribution in [0.4, 0.5) is 0 Å². The second kappa shape index (κ2) is 7.65. The maximum atomic E-state index is 9.11. The molecule has 0 saturated carbocycles. The molecule has 0 bridgehead atoms. The minimum atomic E-state index is -0.0565. The van der Waals surface area contributed by atoms with Crippen LogP contribution in [0.25, 0.3) is 0 Å². The molecule has 0 aliphatic heterocycles. The van der Waals surface area contributed by atoms with Crippen LogP contribution in [-0.4, -0.2) is 38.8 Å². The number of aromatic nitrogens is 3. The standard InChI is InChI=1S/C10H19N3O2S/c1-3-5-13-9(8-14)11-12-10(13)16-7-6-15-4-2/h14H,3-8H2,1-2H3. The summed E-state index contributed by atoms with van der Waals surface area (Å²) in [5.74, 6) is 1.50. The Kier molecular flexibility index (Phi) is 6.44. The molecule has 1 heterocycles. The summed E-state index contributed by atoms with van der Waals surface area (Å²) in [5.41, 5.74) is 0. The van der Waals surface area contributed by atoms with Crippen molar-refractivity contribution in [2.24, 2.45) is 0 Å². The van der Waals surface area contributed by atoms with Gasteiger partial charge in [0, 0.05) is 18.9 Å². The molecule has 92 valence electrons. The molecule has 0 saturated heterocycles. The van der Waals surface area contributed by atoms with E-state index in [1.54, 1.807) is 11.8 Å². The highest BCUT2D eigenvalue weighted by Crippen LogP contribution is 2.17. The van der Waals surface area contributed by atoms with Gasteiger partial charge in [-0.2, -0.15) is 0 Å². The van der Waals surface area contributed by atoms with Gasteiger partial charge in [-0.3, -0.25) is 0 Å². The number of nitrogens with zero attached hydrogens (tertiary/aromatic N) is 3. The molecule has 0 spiro atoms. The van der Waals surface area contributed by atoms with Gasteiger partial charge in [-0.15, -0.1) is 10.2 Å². The van der Waals surface area contributed by atoms with E-state index in [4.69, 9.17) is 9.84 Å². The van der Waals surface area contributed by atoms with Crippen LogP contribution in [0, 0.1) is 0 Å². The predicted octanol–water partition coefficient (Wildman–Crippen LogP) is 1.31. The predicted molar refractivity (Wildman–Crippen MR) is 63.5 cm³/mol. The van der Waals surface area contributed by atoms with Crippen molar-refractivity contribution < 1.29 is 9.84 Å². The molecule has 5 nitrogen and oxygen atoms in total. The van der Waals surface area contributed by atoms with Gasteiger partial charge < -0.3 is 14.4 Å². The molecule has 1 aromatic heterocycles. The van der Waals surface area contributed by atoms with E-state index in [0.717, 1.165) is 30.5 Å². The highest BCUT2D eigenvalue weighted by molar-refractivity contribution is 7.99. The lowest BCUT2D eigenvalue weighted by Gasteiger charge is -2.07. The molecular formula is C10H19N3O2S. The molecule has 0 radical (unpaired) electrons. The molecule has 1 aromatic rings. The Morgan fingerprint density at radius 1 is 1.38 bits per heavy atom. The zero-order valence-electron chi connectivity index (χ0n) is 9.85. The molecule has 16 heavy (non-hydrogen) atoms. The van der Waals surface area contributed by atoms with Crippen molar-refractivity contribution in [2.75, 3.05) is 19.0 Å². The van der Waals surface area contributed by atoms with Gasteiger partial charge in [0.15, 0.2) is 11.0 Å². The molecule has 0 aliphatic rings. The SMILES string of the molecule is CCCn1c(CO)nnc1SCCOCC. The van der Waals surface area contributed by atoms with Gasteiger partial charge >= 0.3 is 0 Å². The number of aliphatic hydroxyl groups excluding tert-OH is 1. The Morgan fingerprint density at radius 2 is 2.19 bits per heavy atom. The van der Waals surface area contributed by atoms with E-state index in [9.17, 15) is 0 Å². The van der Waals surface area contributed by atoms with Gasteiger partial charge in [0.25, 0.3) is 0 Å². The quantitative estimate of drug-likeness (QED) is 0.553. The third-order valence-electron chi connectivity index (χ3n) is 2.05. The summed E-state index contributed by atoms with van der Waals surface area (Å²) in [6.45, 7) is 6.32. The molecular weight excluding hydrogens is 226 g/mol. The Morgan fingerprint density at radius 3 is 2.81 bits per heavy atom. The monoisotopic (exact) mass is 245 g/mol. The Balaban J connectivity index is 2.53. The first-order valence-electron chi connectivity index (χ1n) is 5.56. The van der Waals surface area contributed by atoms with Gasteiger partial charge in [0.1, 0.15) is 6.61 Å². The van der Waals surface area contributed by atoms with Crippen molar-refractivity contribution in [3.8, 4) is 0 Å². The fourth-order valence-electron chi connectivity index (χ4n) is 1.33. The van der Waals surface area contributed by atoms with E-state index >= 15 is 0 Å². The molecule has 0 atom stereocenters. The minimum absolute atomic E-state index is 0.0565. The van der Waals surface area contributed by atoms with Gasteiger partial charge in [-0.1, -0.05) is 18.7 Å². The van der Waals surface area contributed by atoms with Crippen LogP contribution < -0.4 is 0 Å². The number of ether oxygens (including phenoxy) is 1. The summed E-state index contributed by atoms with van der Waals surface area (Å²) in [4.78, 5) is 0. The zero-order chi connectivity index (χ0) is 11.8. The van der Waals surface area contributed by atoms with Crippen LogP contribution in [0.3, 0.4) is 0 Å². The highest BCUT2D eigenvalue weighted by Gasteiger charge is 2.10. The van der Waals surface area contributed by atoms with Crippen molar-refractivity contribution in [1.82, 2.24) is 14.8 Å². The third kappa shape index (κ3) is 3.77. The summed E-state index contributed by atoms with van der Waals surface area (Å²) in [6, 6.07) is 0. The fraction of sp³-hybridized carbons (Fsp3) is 0.800. The van der Waals surface area contributed by atoms with Gasteiger partial charge in [0.2, 0.25) is 0 Å². The average Bonchev–Trinajstić information content (AvgIpc) is 2.68. The maximum absolute atomic E-state index is 9.11. The highest BCUT2D eigenvalue weighted by atomic mass is 32.2. The average molecular weight is 245 g/mol. The molecule has 0 aliphatic carbocycles. The minimum Gasteiger partial charge on any atom is -0.388 e. The largest absolute Gasteiger partial charge is 0.388 e. The molecule has 0 aromatic carbocycles. The van der Waals surface area contributed by atoms with Crippen LogP contribution in [0.2, 0.25) is 0 Å². The van der Waals surface area contributed by atoms with E-state index in [1.807, 2.05) is 11.5 Å². The Hall–Kier alpha value is -0.590. The van der Waals surface area contributed by atoms with Crippen molar-refractivity contribution in [2.45, 2.75) is 38.6 Å². The van der Waals surface area contributed by atoms with E-state index < -0.39 is 0 Å². The summed E-state index contributed by atoms with van der Waals surface area (Å²) in [7, 11) is 0. The Labute approximate surface area is 100 Å². The summed E-state index contributed by atoms with van der Waals surface area (Å²) < 4.78 is 7.23. The number of hydrogen-bond donors (Lipinski definition) is 1. The normalized spacial score (nSPS) is 10.9. The smallest absolute Gasteiger partial charge is 0.191 e.